The van der Waals surface area contributed by atoms with E-state index in [4.69, 9.17) is 10.5 Å². The number of hydrogen-bond donors (Lipinski definition) is 2. The van der Waals surface area contributed by atoms with E-state index in [-0.39, 0.29) is 18.6 Å². The molecule has 0 radical (unpaired) electrons. The zero-order chi connectivity index (χ0) is 11.4. The van der Waals surface area contributed by atoms with Crippen LogP contribution in [0.25, 0.3) is 0 Å². The summed E-state index contributed by atoms with van der Waals surface area (Å²) in [4.78, 5) is 11.5. The third-order valence-electron chi connectivity index (χ3n) is 2.51. The number of amides is 1. The minimum atomic E-state index is -0.0707. The van der Waals surface area contributed by atoms with Gasteiger partial charge < -0.3 is 15.8 Å². The molecule has 1 fully saturated rings. The van der Waals surface area contributed by atoms with Gasteiger partial charge in [-0.05, 0) is 12.8 Å². The van der Waals surface area contributed by atoms with Crippen molar-refractivity contribution in [2.75, 3.05) is 18.9 Å². The van der Waals surface area contributed by atoms with Gasteiger partial charge in [-0.15, -0.1) is 0 Å². The number of aromatic nitrogens is 2. The number of carbonyl (C=O) groups is 1. The van der Waals surface area contributed by atoms with Crippen molar-refractivity contribution in [1.29, 1.82) is 0 Å². The van der Waals surface area contributed by atoms with Gasteiger partial charge in [0.15, 0.2) is 0 Å². The van der Waals surface area contributed by atoms with E-state index in [9.17, 15) is 4.79 Å². The lowest BCUT2D eigenvalue weighted by atomic mass is 10.2. The van der Waals surface area contributed by atoms with E-state index in [0.717, 1.165) is 19.4 Å². The van der Waals surface area contributed by atoms with E-state index in [1.54, 1.807) is 6.20 Å². The molecular weight excluding hydrogens is 208 g/mol. The Morgan fingerprint density at radius 1 is 1.75 bits per heavy atom. The molecule has 1 atom stereocenters. The number of ether oxygens (including phenoxy) is 1. The molecule has 0 saturated carbocycles. The highest BCUT2D eigenvalue weighted by Gasteiger charge is 2.16. The van der Waals surface area contributed by atoms with Crippen LogP contribution in [0.2, 0.25) is 0 Å². The Hall–Kier alpha value is -1.56. The maximum absolute atomic E-state index is 11.5. The second kappa shape index (κ2) is 4.98. The average molecular weight is 224 g/mol. The molecule has 0 spiro atoms. The molecule has 16 heavy (non-hydrogen) atoms. The lowest BCUT2D eigenvalue weighted by molar-refractivity contribution is -0.122. The van der Waals surface area contributed by atoms with Crippen molar-refractivity contribution < 1.29 is 9.53 Å². The van der Waals surface area contributed by atoms with E-state index in [1.807, 2.05) is 0 Å². The zero-order valence-electron chi connectivity index (χ0n) is 9.06. The fourth-order valence-corrected chi connectivity index (χ4v) is 1.70. The molecule has 3 N–H and O–H groups in total. The summed E-state index contributed by atoms with van der Waals surface area (Å²) in [7, 11) is 0. The molecule has 6 nitrogen and oxygen atoms in total. The molecule has 0 aliphatic carbocycles. The van der Waals surface area contributed by atoms with E-state index in [0.29, 0.717) is 12.2 Å². The summed E-state index contributed by atoms with van der Waals surface area (Å²) in [6, 6.07) is 0. The number of nitrogen functional groups attached to an aromatic ring is 1. The second-order valence-corrected chi connectivity index (χ2v) is 3.91. The van der Waals surface area contributed by atoms with Crippen molar-refractivity contribution in [3.05, 3.63) is 12.4 Å². The summed E-state index contributed by atoms with van der Waals surface area (Å²) < 4.78 is 6.91. The second-order valence-electron chi connectivity index (χ2n) is 3.91. The molecule has 0 bridgehead atoms. The number of nitrogens with two attached hydrogens (primary N) is 1. The molecule has 1 saturated heterocycles. The molecule has 1 amide bonds. The van der Waals surface area contributed by atoms with Crippen LogP contribution in [0.3, 0.4) is 0 Å². The van der Waals surface area contributed by atoms with Gasteiger partial charge in [0, 0.05) is 19.3 Å². The van der Waals surface area contributed by atoms with E-state index >= 15 is 0 Å². The molecule has 2 heterocycles. The lowest BCUT2D eigenvalue weighted by Gasteiger charge is -2.10. The summed E-state index contributed by atoms with van der Waals surface area (Å²) in [5, 5.41) is 6.75. The first-order valence-electron chi connectivity index (χ1n) is 5.40. The molecule has 1 aliphatic heterocycles. The van der Waals surface area contributed by atoms with E-state index in [1.165, 1.54) is 10.9 Å². The summed E-state index contributed by atoms with van der Waals surface area (Å²) in [5.41, 5.74) is 6.05. The van der Waals surface area contributed by atoms with Crippen molar-refractivity contribution >= 4 is 11.6 Å². The number of rotatable bonds is 4. The van der Waals surface area contributed by atoms with Crippen LogP contribution in [-0.4, -0.2) is 34.9 Å². The zero-order valence-corrected chi connectivity index (χ0v) is 9.06. The molecule has 1 aliphatic rings. The number of anilines is 1. The van der Waals surface area contributed by atoms with Gasteiger partial charge in [0.1, 0.15) is 6.54 Å². The summed E-state index contributed by atoms with van der Waals surface area (Å²) in [6.07, 6.45) is 5.43. The molecule has 0 aromatic carbocycles. The third kappa shape index (κ3) is 2.96. The van der Waals surface area contributed by atoms with Crippen molar-refractivity contribution in [2.45, 2.75) is 25.5 Å². The summed E-state index contributed by atoms with van der Waals surface area (Å²) in [5.74, 6) is -0.0707. The maximum atomic E-state index is 11.5. The Labute approximate surface area is 93.8 Å². The predicted molar refractivity (Wildman–Crippen MR) is 58.6 cm³/mol. The van der Waals surface area contributed by atoms with Gasteiger partial charge in [-0.25, -0.2) is 0 Å². The molecular formula is C10H16N4O2. The Balaban J connectivity index is 1.71. The highest BCUT2D eigenvalue weighted by atomic mass is 16.5. The van der Waals surface area contributed by atoms with Crippen LogP contribution in [0, 0.1) is 0 Å². The number of nitrogens with zero attached hydrogens (tertiary/aromatic N) is 2. The van der Waals surface area contributed by atoms with Gasteiger partial charge >= 0.3 is 0 Å². The van der Waals surface area contributed by atoms with Gasteiger partial charge in [-0.1, -0.05) is 0 Å². The van der Waals surface area contributed by atoms with Crippen molar-refractivity contribution in [3.63, 3.8) is 0 Å². The predicted octanol–water partition coefficient (Wildman–Crippen LogP) is -0.240. The molecule has 2 rings (SSSR count). The first-order chi connectivity index (χ1) is 7.74. The largest absolute Gasteiger partial charge is 0.396 e. The highest BCUT2D eigenvalue weighted by Crippen LogP contribution is 2.10. The van der Waals surface area contributed by atoms with Crippen LogP contribution in [0.5, 0.6) is 0 Å². The Morgan fingerprint density at radius 3 is 3.25 bits per heavy atom. The molecule has 1 aromatic rings. The van der Waals surface area contributed by atoms with Crippen LogP contribution in [0.15, 0.2) is 12.4 Å². The molecule has 0 unspecified atom stereocenters. The van der Waals surface area contributed by atoms with Gasteiger partial charge in [0.05, 0.1) is 18.0 Å². The van der Waals surface area contributed by atoms with Crippen LogP contribution < -0.4 is 11.1 Å². The highest BCUT2D eigenvalue weighted by molar-refractivity contribution is 5.75. The standard InChI is InChI=1S/C10H16N4O2/c11-8-4-13-14(6-8)7-10(15)12-5-9-2-1-3-16-9/h4,6,9H,1-3,5,7,11H2,(H,12,15)/t9-/m0/s1. The fourth-order valence-electron chi connectivity index (χ4n) is 1.70. The minimum absolute atomic E-state index is 0.0707. The fraction of sp³-hybridized carbons (Fsp3) is 0.600. The van der Waals surface area contributed by atoms with Crippen molar-refractivity contribution in [1.82, 2.24) is 15.1 Å². The maximum Gasteiger partial charge on any atom is 0.241 e. The van der Waals surface area contributed by atoms with Crippen LogP contribution >= 0.6 is 0 Å². The average Bonchev–Trinajstić information content (AvgIpc) is 2.87. The van der Waals surface area contributed by atoms with Crippen molar-refractivity contribution in [2.24, 2.45) is 0 Å². The van der Waals surface area contributed by atoms with E-state index in [2.05, 4.69) is 10.4 Å². The third-order valence-corrected chi connectivity index (χ3v) is 2.51. The normalized spacial score (nSPS) is 19.9. The van der Waals surface area contributed by atoms with Crippen LogP contribution in [0.1, 0.15) is 12.8 Å². The SMILES string of the molecule is Nc1cnn(CC(=O)NC[C@@H]2CCCO2)c1. The van der Waals surface area contributed by atoms with E-state index < -0.39 is 0 Å². The van der Waals surface area contributed by atoms with Crippen LogP contribution in [0.4, 0.5) is 5.69 Å². The first-order valence-corrected chi connectivity index (χ1v) is 5.40. The molecule has 88 valence electrons. The number of carbonyl (C=O) groups excluding carboxylic acids is 1. The van der Waals surface area contributed by atoms with Crippen molar-refractivity contribution in [3.8, 4) is 0 Å². The van der Waals surface area contributed by atoms with Gasteiger partial charge in [0.2, 0.25) is 5.91 Å². The summed E-state index contributed by atoms with van der Waals surface area (Å²) in [6.45, 7) is 1.58. The monoisotopic (exact) mass is 224 g/mol. The lowest BCUT2D eigenvalue weighted by Crippen LogP contribution is -2.34. The first kappa shape index (κ1) is 10.9. The Morgan fingerprint density at radius 2 is 2.62 bits per heavy atom. The number of nitrogens with one attached hydrogen (secondary N) is 1. The number of hydrogen-bond acceptors (Lipinski definition) is 4. The van der Waals surface area contributed by atoms with Gasteiger partial charge in [-0.2, -0.15) is 5.10 Å². The summed E-state index contributed by atoms with van der Waals surface area (Å²) >= 11 is 0. The van der Waals surface area contributed by atoms with Gasteiger partial charge in [-0.3, -0.25) is 9.48 Å². The topological polar surface area (TPSA) is 82.2 Å². The smallest absolute Gasteiger partial charge is 0.241 e. The Kier molecular flexibility index (Phi) is 3.40. The molecule has 1 aromatic heterocycles. The minimum Gasteiger partial charge on any atom is -0.396 e. The Bertz CT molecular complexity index is 357. The quantitative estimate of drug-likeness (QED) is 0.739. The van der Waals surface area contributed by atoms with Gasteiger partial charge in [0.25, 0.3) is 0 Å². The molecule has 6 heteroatoms. The van der Waals surface area contributed by atoms with Crippen LogP contribution in [-0.2, 0) is 16.1 Å².